The van der Waals surface area contributed by atoms with E-state index in [-0.39, 0.29) is 27.9 Å². The number of phenolic OH excluding ortho intramolecular Hbond substituents is 1. The van der Waals surface area contributed by atoms with E-state index >= 15 is 0 Å². The lowest BCUT2D eigenvalue weighted by molar-refractivity contribution is -0.132. The molecule has 1 fully saturated rings. The van der Waals surface area contributed by atoms with Gasteiger partial charge in [0.1, 0.15) is 5.57 Å². The number of carbonyl (C=O) groups excluding carboxylic acids is 2. The molecule has 7 nitrogen and oxygen atoms in total. The van der Waals surface area contributed by atoms with E-state index in [0.717, 1.165) is 0 Å². The van der Waals surface area contributed by atoms with Crippen molar-refractivity contribution in [2.24, 2.45) is 0 Å². The normalized spacial score (nSPS) is 15.1. The minimum Gasteiger partial charge on any atom is -0.502 e. The van der Waals surface area contributed by atoms with E-state index in [1.165, 1.54) is 56.3 Å². The SMILES string of the molecule is COc1cc(C=C2C(=O)N(C)C(=S)N(C)C2=O)cc(OC)c1O. The summed E-state index contributed by atoms with van der Waals surface area (Å²) in [4.78, 5) is 27.0. The van der Waals surface area contributed by atoms with Crippen molar-refractivity contribution >= 4 is 35.2 Å². The number of methoxy groups -OCH3 is 2. The van der Waals surface area contributed by atoms with Gasteiger partial charge in [-0.3, -0.25) is 19.4 Å². The number of phenols is 1. The first-order valence-electron chi connectivity index (χ1n) is 6.58. The average Bonchev–Trinajstić information content (AvgIpc) is 2.56. The minimum absolute atomic E-state index is 0.0432. The largest absolute Gasteiger partial charge is 0.502 e. The van der Waals surface area contributed by atoms with Crippen molar-refractivity contribution in [2.75, 3.05) is 28.3 Å². The predicted octanol–water partition coefficient (Wildman–Crippen LogP) is 1.01. The molecule has 1 aliphatic rings. The van der Waals surface area contributed by atoms with E-state index < -0.39 is 11.8 Å². The van der Waals surface area contributed by atoms with Crippen LogP contribution in [0.25, 0.3) is 6.08 Å². The molecule has 23 heavy (non-hydrogen) atoms. The maximum atomic E-state index is 12.3. The molecule has 0 spiro atoms. The number of rotatable bonds is 3. The van der Waals surface area contributed by atoms with Gasteiger partial charge in [0.15, 0.2) is 16.6 Å². The lowest BCUT2D eigenvalue weighted by Gasteiger charge is -2.31. The van der Waals surface area contributed by atoms with Crippen molar-refractivity contribution in [3.63, 3.8) is 0 Å². The molecule has 8 heteroatoms. The summed E-state index contributed by atoms with van der Waals surface area (Å²) in [6, 6.07) is 3.00. The number of nitrogens with zero attached hydrogens (tertiary/aromatic N) is 2. The van der Waals surface area contributed by atoms with E-state index in [9.17, 15) is 14.7 Å². The smallest absolute Gasteiger partial charge is 0.265 e. The lowest BCUT2D eigenvalue weighted by Crippen LogP contribution is -2.52. The highest BCUT2D eigenvalue weighted by atomic mass is 32.1. The minimum atomic E-state index is -0.496. The average molecular weight is 336 g/mol. The first-order chi connectivity index (χ1) is 10.8. The fourth-order valence-corrected chi connectivity index (χ4v) is 2.30. The monoisotopic (exact) mass is 336 g/mol. The summed E-state index contributed by atoms with van der Waals surface area (Å²) in [6.07, 6.45) is 1.41. The van der Waals surface area contributed by atoms with Crippen LogP contribution in [0.3, 0.4) is 0 Å². The number of amides is 2. The molecule has 1 aromatic carbocycles. The van der Waals surface area contributed by atoms with Crippen LogP contribution < -0.4 is 9.47 Å². The molecule has 2 amide bonds. The Morgan fingerprint density at radius 3 is 1.87 bits per heavy atom. The van der Waals surface area contributed by atoms with Crippen molar-refractivity contribution in [1.29, 1.82) is 0 Å². The summed E-state index contributed by atoms with van der Waals surface area (Å²) in [7, 11) is 5.78. The van der Waals surface area contributed by atoms with Gasteiger partial charge in [-0.1, -0.05) is 0 Å². The molecule has 2 rings (SSSR count). The van der Waals surface area contributed by atoms with Crippen molar-refractivity contribution in [3.05, 3.63) is 23.3 Å². The Hall–Kier alpha value is -2.61. The molecule has 0 bridgehead atoms. The van der Waals surface area contributed by atoms with Crippen LogP contribution in [-0.4, -0.2) is 60.1 Å². The standard InChI is InChI=1S/C15H16N2O5S/c1-16-13(19)9(14(20)17(2)15(16)23)5-8-6-10(21-3)12(18)11(7-8)22-4/h5-7,18H,1-4H3. The van der Waals surface area contributed by atoms with Gasteiger partial charge in [0, 0.05) is 14.1 Å². The molecular weight excluding hydrogens is 320 g/mol. The van der Waals surface area contributed by atoms with Crippen molar-refractivity contribution in [1.82, 2.24) is 9.80 Å². The van der Waals surface area contributed by atoms with E-state index in [2.05, 4.69) is 0 Å². The molecule has 122 valence electrons. The molecule has 1 aliphatic heterocycles. The number of carbonyl (C=O) groups is 2. The van der Waals surface area contributed by atoms with Crippen LogP contribution in [0.15, 0.2) is 17.7 Å². The molecule has 0 atom stereocenters. The third-order valence-corrected chi connectivity index (χ3v) is 4.00. The summed E-state index contributed by atoms with van der Waals surface area (Å²) in [5.74, 6) is -0.810. The van der Waals surface area contributed by atoms with Crippen molar-refractivity contribution in [2.45, 2.75) is 0 Å². The van der Waals surface area contributed by atoms with E-state index in [4.69, 9.17) is 21.7 Å². The van der Waals surface area contributed by atoms with Gasteiger partial charge in [0.05, 0.1) is 14.2 Å². The Bertz CT molecular complexity index is 678. The van der Waals surface area contributed by atoms with Gasteiger partial charge in [-0.15, -0.1) is 0 Å². The van der Waals surface area contributed by atoms with Crippen LogP contribution in [-0.2, 0) is 9.59 Å². The topological polar surface area (TPSA) is 79.3 Å². The number of hydrogen-bond acceptors (Lipinski definition) is 6. The van der Waals surface area contributed by atoms with Crippen LogP contribution in [0.5, 0.6) is 17.2 Å². The highest BCUT2D eigenvalue weighted by Crippen LogP contribution is 2.37. The second-order valence-electron chi connectivity index (χ2n) is 4.84. The predicted molar refractivity (Wildman–Crippen MR) is 87.3 cm³/mol. The van der Waals surface area contributed by atoms with Crippen molar-refractivity contribution in [3.8, 4) is 17.2 Å². The van der Waals surface area contributed by atoms with E-state index in [1.807, 2.05) is 0 Å². The summed E-state index contributed by atoms with van der Waals surface area (Å²) in [6.45, 7) is 0. The number of ether oxygens (including phenoxy) is 2. The Kier molecular flexibility index (Phi) is 4.55. The van der Waals surface area contributed by atoms with Crippen LogP contribution in [0.4, 0.5) is 0 Å². The molecule has 1 heterocycles. The van der Waals surface area contributed by atoms with E-state index in [1.54, 1.807) is 0 Å². The summed E-state index contributed by atoms with van der Waals surface area (Å²) < 4.78 is 10.1. The highest BCUT2D eigenvalue weighted by Gasteiger charge is 2.35. The van der Waals surface area contributed by atoms with Gasteiger partial charge in [-0.25, -0.2) is 0 Å². The van der Waals surface area contributed by atoms with Gasteiger partial charge in [0.25, 0.3) is 11.8 Å². The molecular formula is C15H16N2O5S. The van der Waals surface area contributed by atoms with Gasteiger partial charge in [-0.2, -0.15) is 0 Å². The number of thiocarbonyl (C=S) groups is 1. The Morgan fingerprint density at radius 1 is 1.04 bits per heavy atom. The quantitative estimate of drug-likeness (QED) is 0.504. The summed E-state index contributed by atoms with van der Waals surface area (Å²) in [5.41, 5.74) is 0.432. The first kappa shape index (κ1) is 16.8. The number of hydrogen-bond donors (Lipinski definition) is 1. The molecule has 0 radical (unpaired) electrons. The molecule has 0 aromatic heterocycles. The molecule has 0 aliphatic carbocycles. The number of aromatic hydroxyl groups is 1. The molecule has 1 aromatic rings. The Morgan fingerprint density at radius 2 is 1.48 bits per heavy atom. The highest BCUT2D eigenvalue weighted by molar-refractivity contribution is 7.80. The fourth-order valence-electron chi connectivity index (χ4n) is 2.14. The second kappa shape index (κ2) is 6.25. The molecule has 0 unspecified atom stereocenters. The first-order valence-corrected chi connectivity index (χ1v) is 6.99. The van der Waals surface area contributed by atoms with Gasteiger partial charge < -0.3 is 14.6 Å². The van der Waals surface area contributed by atoms with Crippen LogP contribution >= 0.6 is 12.2 Å². The lowest BCUT2D eigenvalue weighted by atomic mass is 10.1. The maximum absolute atomic E-state index is 12.3. The number of benzene rings is 1. The molecule has 1 N–H and O–H groups in total. The van der Waals surface area contributed by atoms with E-state index in [0.29, 0.717) is 5.56 Å². The Labute approximate surface area is 138 Å². The molecule has 0 saturated carbocycles. The van der Waals surface area contributed by atoms with Crippen molar-refractivity contribution < 1.29 is 24.2 Å². The third-order valence-electron chi connectivity index (χ3n) is 3.46. The van der Waals surface area contributed by atoms with Gasteiger partial charge in [0.2, 0.25) is 5.75 Å². The second-order valence-corrected chi connectivity index (χ2v) is 5.21. The Balaban J connectivity index is 2.54. The van der Waals surface area contributed by atoms with Crippen LogP contribution in [0.1, 0.15) is 5.56 Å². The zero-order chi connectivity index (χ0) is 17.3. The maximum Gasteiger partial charge on any atom is 0.265 e. The zero-order valence-electron chi connectivity index (χ0n) is 13.1. The summed E-state index contributed by atoms with van der Waals surface area (Å²) >= 11 is 5.03. The number of likely N-dealkylation sites (N-methyl/N-ethyl adjacent to an activating group) is 2. The van der Waals surface area contributed by atoms with Gasteiger partial charge in [-0.05, 0) is 36.0 Å². The summed E-state index contributed by atoms with van der Waals surface area (Å²) in [5, 5.41) is 10.0. The molecule has 1 saturated heterocycles. The fraction of sp³-hybridized carbons (Fsp3) is 0.267. The van der Waals surface area contributed by atoms with Crippen LogP contribution in [0.2, 0.25) is 0 Å². The van der Waals surface area contributed by atoms with Crippen LogP contribution in [0, 0.1) is 0 Å². The third kappa shape index (κ3) is 2.85. The van der Waals surface area contributed by atoms with Gasteiger partial charge >= 0.3 is 0 Å². The zero-order valence-corrected chi connectivity index (χ0v) is 13.9.